The van der Waals surface area contributed by atoms with Crippen LogP contribution in [-0.2, 0) is 10.0 Å². The highest BCUT2D eigenvalue weighted by Crippen LogP contribution is 2.20. The standard InChI is InChI=1S/C15H30N2O2S/c1-2-20(18,19)17-12-10-15(11-13-17)16-14-8-6-4-3-5-7-9-14/h14-16H,2-13H2,1H3. The fraction of sp³-hybridized carbons (Fsp3) is 1.00. The Bertz CT molecular complexity index is 367. The van der Waals surface area contributed by atoms with Crippen LogP contribution in [0.4, 0.5) is 0 Å². The fourth-order valence-corrected chi connectivity index (χ4v) is 4.57. The summed E-state index contributed by atoms with van der Waals surface area (Å²) in [5, 5.41) is 3.79. The van der Waals surface area contributed by atoms with Crippen LogP contribution in [0.25, 0.3) is 0 Å². The van der Waals surface area contributed by atoms with Crippen molar-refractivity contribution in [1.29, 1.82) is 0 Å². The third-order valence-corrected chi connectivity index (χ3v) is 6.67. The van der Waals surface area contributed by atoms with Gasteiger partial charge in [0.15, 0.2) is 0 Å². The lowest BCUT2D eigenvalue weighted by Crippen LogP contribution is -2.48. The number of hydrogen-bond donors (Lipinski definition) is 1. The van der Waals surface area contributed by atoms with Gasteiger partial charge >= 0.3 is 0 Å². The van der Waals surface area contributed by atoms with Crippen LogP contribution in [0.15, 0.2) is 0 Å². The van der Waals surface area contributed by atoms with Gasteiger partial charge in [0.1, 0.15) is 0 Å². The first-order valence-electron chi connectivity index (χ1n) is 8.35. The molecule has 1 aliphatic carbocycles. The molecule has 118 valence electrons. The molecule has 0 aromatic rings. The van der Waals surface area contributed by atoms with Gasteiger partial charge in [-0.05, 0) is 32.6 Å². The van der Waals surface area contributed by atoms with Crippen molar-refractivity contribution in [3.8, 4) is 0 Å². The Morgan fingerprint density at radius 1 is 0.900 bits per heavy atom. The summed E-state index contributed by atoms with van der Waals surface area (Å²) in [5.74, 6) is 0.230. The summed E-state index contributed by atoms with van der Waals surface area (Å²) in [6.45, 7) is 3.12. The predicted octanol–water partition coefficient (Wildman–Crippen LogP) is 2.50. The molecule has 2 rings (SSSR count). The molecule has 2 fully saturated rings. The Balaban J connectivity index is 1.76. The van der Waals surface area contributed by atoms with Gasteiger partial charge in [0, 0.05) is 25.2 Å². The van der Waals surface area contributed by atoms with Gasteiger partial charge in [-0.15, -0.1) is 0 Å². The summed E-state index contributed by atoms with van der Waals surface area (Å²) >= 11 is 0. The van der Waals surface area contributed by atoms with Crippen molar-refractivity contribution >= 4 is 10.0 Å². The minimum absolute atomic E-state index is 0.230. The average molecular weight is 302 g/mol. The quantitative estimate of drug-likeness (QED) is 0.868. The molecule has 0 spiro atoms. The topological polar surface area (TPSA) is 49.4 Å². The normalized spacial score (nSPS) is 25.2. The summed E-state index contributed by atoms with van der Waals surface area (Å²) in [6.07, 6.45) is 11.4. The molecule has 1 aliphatic heterocycles. The number of sulfonamides is 1. The lowest BCUT2D eigenvalue weighted by atomic mass is 9.95. The lowest BCUT2D eigenvalue weighted by Gasteiger charge is -2.34. The molecule has 0 unspecified atom stereocenters. The number of piperidine rings is 1. The lowest BCUT2D eigenvalue weighted by molar-refractivity contribution is 0.258. The van der Waals surface area contributed by atoms with Crippen LogP contribution in [0.2, 0.25) is 0 Å². The van der Waals surface area contributed by atoms with E-state index in [9.17, 15) is 8.42 Å². The third-order valence-electron chi connectivity index (χ3n) is 4.79. The van der Waals surface area contributed by atoms with Gasteiger partial charge in [-0.3, -0.25) is 0 Å². The third kappa shape index (κ3) is 4.71. The van der Waals surface area contributed by atoms with Crippen LogP contribution < -0.4 is 5.32 Å². The highest BCUT2D eigenvalue weighted by atomic mass is 32.2. The molecule has 0 aromatic heterocycles. The molecule has 0 aromatic carbocycles. The van der Waals surface area contributed by atoms with Gasteiger partial charge in [0.05, 0.1) is 5.75 Å². The Morgan fingerprint density at radius 2 is 1.40 bits per heavy atom. The largest absolute Gasteiger partial charge is 0.311 e. The minimum atomic E-state index is -2.98. The molecular formula is C15H30N2O2S. The van der Waals surface area contributed by atoms with Crippen molar-refractivity contribution in [1.82, 2.24) is 9.62 Å². The zero-order chi connectivity index (χ0) is 14.4. The van der Waals surface area contributed by atoms with E-state index in [-0.39, 0.29) is 5.75 Å². The molecule has 4 nitrogen and oxygen atoms in total. The molecule has 1 heterocycles. The Morgan fingerprint density at radius 3 is 1.95 bits per heavy atom. The SMILES string of the molecule is CCS(=O)(=O)N1CCC(NC2CCCCCCC2)CC1. The molecule has 1 N–H and O–H groups in total. The van der Waals surface area contributed by atoms with Crippen molar-refractivity contribution in [2.24, 2.45) is 0 Å². The Hall–Kier alpha value is -0.130. The predicted molar refractivity (Wildman–Crippen MR) is 83.3 cm³/mol. The van der Waals surface area contributed by atoms with Crippen molar-refractivity contribution in [2.45, 2.75) is 76.8 Å². The first-order chi connectivity index (χ1) is 9.62. The highest BCUT2D eigenvalue weighted by Gasteiger charge is 2.27. The molecule has 5 heteroatoms. The van der Waals surface area contributed by atoms with Crippen molar-refractivity contribution in [3.05, 3.63) is 0 Å². The molecule has 0 bridgehead atoms. The first-order valence-corrected chi connectivity index (χ1v) is 9.96. The molecule has 2 aliphatic rings. The average Bonchev–Trinajstić information content (AvgIpc) is 2.42. The molecule has 20 heavy (non-hydrogen) atoms. The summed E-state index contributed by atoms with van der Waals surface area (Å²) in [5.41, 5.74) is 0. The maximum absolute atomic E-state index is 11.8. The van der Waals surface area contributed by atoms with Gasteiger partial charge < -0.3 is 5.32 Å². The second-order valence-electron chi connectivity index (χ2n) is 6.28. The van der Waals surface area contributed by atoms with E-state index in [0.717, 1.165) is 12.8 Å². The van der Waals surface area contributed by atoms with E-state index in [4.69, 9.17) is 0 Å². The van der Waals surface area contributed by atoms with Gasteiger partial charge in [0.25, 0.3) is 0 Å². The minimum Gasteiger partial charge on any atom is -0.311 e. The highest BCUT2D eigenvalue weighted by molar-refractivity contribution is 7.89. The van der Waals surface area contributed by atoms with E-state index >= 15 is 0 Å². The van der Waals surface area contributed by atoms with Crippen LogP contribution in [0.5, 0.6) is 0 Å². The molecule has 0 atom stereocenters. The van der Waals surface area contributed by atoms with E-state index in [1.54, 1.807) is 11.2 Å². The number of nitrogens with zero attached hydrogens (tertiary/aromatic N) is 1. The van der Waals surface area contributed by atoms with E-state index < -0.39 is 10.0 Å². The summed E-state index contributed by atoms with van der Waals surface area (Å²) in [6, 6.07) is 1.18. The van der Waals surface area contributed by atoms with Gasteiger partial charge in [-0.2, -0.15) is 0 Å². The smallest absolute Gasteiger partial charge is 0.213 e. The Kier molecular flexibility index (Phi) is 6.30. The molecule has 0 amide bonds. The number of rotatable bonds is 4. The zero-order valence-corrected chi connectivity index (χ0v) is 13.6. The Labute approximate surface area is 124 Å². The van der Waals surface area contributed by atoms with E-state index in [1.807, 2.05) is 0 Å². The van der Waals surface area contributed by atoms with Crippen LogP contribution >= 0.6 is 0 Å². The zero-order valence-electron chi connectivity index (χ0n) is 12.8. The fourth-order valence-electron chi connectivity index (χ4n) is 3.44. The summed E-state index contributed by atoms with van der Waals surface area (Å²) in [4.78, 5) is 0. The number of nitrogens with one attached hydrogen (secondary N) is 1. The number of hydrogen-bond acceptors (Lipinski definition) is 3. The second-order valence-corrected chi connectivity index (χ2v) is 8.54. The van der Waals surface area contributed by atoms with Crippen LogP contribution in [-0.4, -0.2) is 43.6 Å². The monoisotopic (exact) mass is 302 g/mol. The summed E-state index contributed by atoms with van der Waals surface area (Å²) < 4.78 is 25.4. The van der Waals surface area contributed by atoms with Crippen LogP contribution in [0.1, 0.15) is 64.7 Å². The van der Waals surface area contributed by atoms with E-state index in [0.29, 0.717) is 25.2 Å². The van der Waals surface area contributed by atoms with E-state index in [2.05, 4.69) is 5.32 Å². The van der Waals surface area contributed by atoms with Gasteiger partial charge in [-0.1, -0.05) is 32.1 Å². The van der Waals surface area contributed by atoms with Gasteiger partial charge in [0.2, 0.25) is 10.0 Å². The maximum Gasteiger partial charge on any atom is 0.213 e. The van der Waals surface area contributed by atoms with Crippen molar-refractivity contribution in [3.63, 3.8) is 0 Å². The van der Waals surface area contributed by atoms with Crippen molar-refractivity contribution < 1.29 is 8.42 Å². The van der Waals surface area contributed by atoms with Crippen molar-refractivity contribution in [2.75, 3.05) is 18.8 Å². The second kappa shape index (κ2) is 7.76. The van der Waals surface area contributed by atoms with Crippen LogP contribution in [0.3, 0.4) is 0 Å². The van der Waals surface area contributed by atoms with E-state index in [1.165, 1.54) is 44.9 Å². The van der Waals surface area contributed by atoms with Gasteiger partial charge in [-0.25, -0.2) is 12.7 Å². The van der Waals surface area contributed by atoms with Crippen LogP contribution in [0, 0.1) is 0 Å². The molecule has 1 saturated heterocycles. The molecule has 1 saturated carbocycles. The molecular weight excluding hydrogens is 272 g/mol. The maximum atomic E-state index is 11.8. The molecule has 0 radical (unpaired) electrons. The summed E-state index contributed by atoms with van der Waals surface area (Å²) in [7, 11) is -2.98. The first kappa shape index (κ1) is 16.2.